The lowest BCUT2D eigenvalue weighted by molar-refractivity contribution is -0.116. The number of carbonyl (C=O) groups is 2. The molecule has 3 N–H and O–H groups in total. The van der Waals surface area contributed by atoms with Gasteiger partial charge in [0.15, 0.2) is 0 Å². The molecule has 0 heterocycles. The third-order valence-electron chi connectivity index (χ3n) is 5.30. The molecule has 7 nitrogen and oxygen atoms in total. The largest absolute Gasteiger partial charge is 0.349 e. The average Bonchev–Trinajstić information content (AvgIpc) is 2.68. The van der Waals surface area contributed by atoms with E-state index in [9.17, 15) is 18.0 Å². The zero-order valence-electron chi connectivity index (χ0n) is 18.3. The van der Waals surface area contributed by atoms with Crippen LogP contribution in [0.15, 0.2) is 24.3 Å². The number of carbonyl (C=O) groups excluding carboxylic acids is 2. The Hall–Kier alpha value is -1.93. The Labute approximate surface area is 180 Å². The van der Waals surface area contributed by atoms with Crippen molar-refractivity contribution in [1.82, 2.24) is 10.0 Å². The summed E-state index contributed by atoms with van der Waals surface area (Å²) >= 11 is 0. The lowest BCUT2D eigenvalue weighted by Crippen LogP contribution is -2.39. The van der Waals surface area contributed by atoms with E-state index in [1.54, 1.807) is 45.0 Å². The summed E-state index contributed by atoms with van der Waals surface area (Å²) in [6.07, 6.45) is 7.13. The second kappa shape index (κ2) is 10.9. The highest BCUT2D eigenvalue weighted by Crippen LogP contribution is 2.18. The van der Waals surface area contributed by atoms with Crippen molar-refractivity contribution < 1.29 is 18.0 Å². The van der Waals surface area contributed by atoms with Gasteiger partial charge in [-0.15, -0.1) is 0 Å². The first kappa shape index (κ1) is 24.3. The molecule has 0 unspecified atom stereocenters. The Morgan fingerprint density at radius 3 is 2.23 bits per heavy atom. The SMILES string of the molecule is CC(C)(C)S(=O)(=O)NCCCCC(=O)Nc1ccc(C(=O)NC2CCCCC2)cc1. The standard InChI is InChI=1S/C22H35N3O4S/c1-22(2,3)30(28,29)23-16-8-7-11-20(26)24-19-14-12-17(13-15-19)21(27)25-18-9-5-4-6-10-18/h12-15,18,23H,4-11,16H2,1-3H3,(H,24,26)(H,25,27). The van der Waals surface area contributed by atoms with Crippen LogP contribution in [0.3, 0.4) is 0 Å². The lowest BCUT2D eigenvalue weighted by atomic mass is 9.95. The molecule has 2 rings (SSSR count). The number of nitrogens with one attached hydrogen (secondary N) is 3. The maximum atomic E-state index is 12.3. The molecule has 0 bridgehead atoms. The fourth-order valence-electron chi connectivity index (χ4n) is 3.28. The van der Waals surface area contributed by atoms with Crippen molar-refractivity contribution in [2.45, 2.75) is 82.9 Å². The van der Waals surface area contributed by atoms with E-state index < -0.39 is 14.8 Å². The van der Waals surface area contributed by atoms with Gasteiger partial charge in [-0.25, -0.2) is 13.1 Å². The van der Waals surface area contributed by atoms with Gasteiger partial charge in [0.2, 0.25) is 15.9 Å². The Morgan fingerprint density at radius 1 is 1.00 bits per heavy atom. The Bertz CT molecular complexity index is 808. The molecule has 0 spiro atoms. The van der Waals surface area contributed by atoms with Gasteiger partial charge in [0.1, 0.15) is 0 Å². The predicted molar refractivity (Wildman–Crippen MR) is 120 cm³/mol. The van der Waals surface area contributed by atoms with E-state index in [1.807, 2.05) is 0 Å². The van der Waals surface area contributed by atoms with Crippen LogP contribution in [0.2, 0.25) is 0 Å². The molecule has 1 aliphatic rings. The van der Waals surface area contributed by atoms with Crippen LogP contribution in [0, 0.1) is 0 Å². The first-order valence-electron chi connectivity index (χ1n) is 10.8. The van der Waals surface area contributed by atoms with Gasteiger partial charge in [-0.05, 0) is 70.7 Å². The molecule has 1 fully saturated rings. The number of unbranched alkanes of at least 4 members (excludes halogenated alkanes) is 1. The van der Waals surface area contributed by atoms with Crippen LogP contribution in [-0.4, -0.2) is 37.6 Å². The Morgan fingerprint density at radius 2 is 1.63 bits per heavy atom. The van der Waals surface area contributed by atoms with Gasteiger partial charge in [-0.3, -0.25) is 9.59 Å². The number of hydrogen-bond acceptors (Lipinski definition) is 4. The first-order valence-corrected chi connectivity index (χ1v) is 12.3. The molecular formula is C22H35N3O4S. The molecule has 0 atom stereocenters. The van der Waals surface area contributed by atoms with Crippen LogP contribution in [-0.2, 0) is 14.8 Å². The highest BCUT2D eigenvalue weighted by Gasteiger charge is 2.28. The molecule has 1 aromatic carbocycles. The van der Waals surface area contributed by atoms with Crippen molar-refractivity contribution in [2.24, 2.45) is 0 Å². The zero-order chi connectivity index (χ0) is 22.2. The number of sulfonamides is 1. The van der Waals surface area contributed by atoms with Crippen molar-refractivity contribution in [3.63, 3.8) is 0 Å². The molecule has 0 aromatic heterocycles. The van der Waals surface area contributed by atoms with Gasteiger partial charge in [0.25, 0.3) is 5.91 Å². The van der Waals surface area contributed by atoms with E-state index in [0.717, 1.165) is 12.8 Å². The molecule has 0 radical (unpaired) electrons. The quantitative estimate of drug-likeness (QED) is 0.514. The maximum absolute atomic E-state index is 12.3. The Kier molecular flexibility index (Phi) is 8.85. The smallest absolute Gasteiger partial charge is 0.251 e. The maximum Gasteiger partial charge on any atom is 0.251 e. The van der Waals surface area contributed by atoms with E-state index >= 15 is 0 Å². The zero-order valence-corrected chi connectivity index (χ0v) is 19.1. The summed E-state index contributed by atoms with van der Waals surface area (Å²) in [6, 6.07) is 7.15. The van der Waals surface area contributed by atoms with Crippen LogP contribution in [0.25, 0.3) is 0 Å². The number of hydrogen-bond donors (Lipinski definition) is 3. The summed E-state index contributed by atoms with van der Waals surface area (Å²) in [5, 5.41) is 5.89. The Balaban J connectivity index is 1.69. The normalized spacial score (nSPS) is 15.6. The van der Waals surface area contributed by atoms with E-state index in [2.05, 4.69) is 15.4 Å². The highest BCUT2D eigenvalue weighted by atomic mass is 32.2. The highest BCUT2D eigenvalue weighted by molar-refractivity contribution is 7.90. The molecular weight excluding hydrogens is 402 g/mol. The molecule has 0 saturated heterocycles. The molecule has 0 aliphatic heterocycles. The minimum absolute atomic E-state index is 0.0718. The number of amides is 2. The van der Waals surface area contributed by atoms with Crippen molar-refractivity contribution >= 4 is 27.5 Å². The van der Waals surface area contributed by atoms with Gasteiger partial charge in [-0.1, -0.05) is 19.3 Å². The predicted octanol–water partition coefficient (Wildman–Crippen LogP) is 3.58. The minimum atomic E-state index is -3.35. The van der Waals surface area contributed by atoms with Crippen molar-refractivity contribution in [1.29, 1.82) is 0 Å². The fourth-order valence-corrected chi connectivity index (χ4v) is 4.12. The van der Waals surface area contributed by atoms with Crippen molar-refractivity contribution in [3.05, 3.63) is 29.8 Å². The molecule has 168 valence electrons. The minimum Gasteiger partial charge on any atom is -0.349 e. The summed E-state index contributed by atoms with van der Waals surface area (Å²) in [5.74, 6) is -0.203. The van der Waals surface area contributed by atoms with Crippen LogP contribution >= 0.6 is 0 Å². The summed E-state index contributed by atoms with van der Waals surface area (Å²) in [4.78, 5) is 24.4. The van der Waals surface area contributed by atoms with Gasteiger partial charge in [-0.2, -0.15) is 0 Å². The fraction of sp³-hybridized carbons (Fsp3) is 0.636. The molecule has 30 heavy (non-hydrogen) atoms. The molecule has 2 amide bonds. The monoisotopic (exact) mass is 437 g/mol. The summed E-state index contributed by atoms with van der Waals surface area (Å²) < 4.78 is 25.6. The second-order valence-electron chi connectivity index (χ2n) is 8.90. The van der Waals surface area contributed by atoms with Gasteiger partial charge < -0.3 is 10.6 Å². The van der Waals surface area contributed by atoms with Crippen LogP contribution in [0.5, 0.6) is 0 Å². The topological polar surface area (TPSA) is 104 Å². The lowest BCUT2D eigenvalue weighted by Gasteiger charge is -2.22. The summed E-state index contributed by atoms with van der Waals surface area (Å²) in [5.41, 5.74) is 1.23. The van der Waals surface area contributed by atoms with Crippen LogP contribution in [0.1, 0.15) is 82.5 Å². The van der Waals surface area contributed by atoms with Gasteiger partial charge in [0, 0.05) is 30.3 Å². The molecule has 1 aromatic rings. The average molecular weight is 438 g/mol. The second-order valence-corrected chi connectivity index (χ2v) is 11.4. The third-order valence-corrected chi connectivity index (χ3v) is 7.50. The molecule has 1 aliphatic carbocycles. The third kappa shape index (κ3) is 7.72. The van der Waals surface area contributed by atoms with E-state index in [4.69, 9.17) is 0 Å². The van der Waals surface area contributed by atoms with Crippen LogP contribution < -0.4 is 15.4 Å². The first-order chi connectivity index (χ1) is 14.1. The van der Waals surface area contributed by atoms with E-state index in [1.165, 1.54) is 19.3 Å². The number of rotatable bonds is 9. The number of anilines is 1. The van der Waals surface area contributed by atoms with Crippen molar-refractivity contribution in [3.8, 4) is 0 Å². The molecule has 8 heteroatoms. The van der Waals surface area contributed by atoms with E-state index in [0.29, 0.717) is 37.1 Å². The van der Waals surface area contributed by atoms with Crippen LogP contribution in [0.4, 0.5) is 5.69 Å². The van der Waals surface area contributed by atoms with E-state index in [-0.39, 0.29) is 17.9 Å². The summed E-state index contributed by atoms with van der Waals surface area (Å²) in [7, 11) is -3.35. The van der Waals surface area contributed by atoms with Gasteiger partial charge in [0.05, 0.1) is 4.75 Å². The number of benzene rings is 1. The molecule has 1 saturated carbocycles. The van der Waals surface area contributed by atoms with Crippen molar-refractivity contribution in [2.75, 3.05) is 11.9 Å². The summed E-state index contributed by atoms with van der Waals surface area (Å²) in [6.45, 7) is 5.26. The van der Waals surface area contributed by atoms with Gasteiger partial charge >= 0.3 is 0 Å².